The smallest absolute Gasteiger partial charge is 0.341 e. The molecule has 0 fully saturated rings. The van der Waals surface area contributed by atoms with Gasteiger partial charge in [0.2, 0.25) is 0 Å². The zero-order chi connectivity index (χ0) is 23.1. The number of hydrogen-bond acceptors (Lipinski definition) is 7. The molecule has 10 heteroatoms. The van der Waals surface area contributed by atoms with Crippen LogP contribution in [0, 0.1) is 11.6 Å². The van der Waals surface area contributed by atoms with Gasteiger partial charge in [0, 0.05) is 32.5 Å². The lowest BCUT2D eigenvalue weighted by Crippen LogP contribution is -2.26. The number of ether oxygens (including phenoxy) is 6. The van der Waals surface area contributed by atoms with Crippen molar-refractivity contribution >= 4 is 21.9 Å². The summed E-state index contributed by atoms with van der Waals surface area (Å²) in [4.78, 5) is 11.8. The lowest BCUT2D eigenvalue weighted by molar-refractivity contribution is -0.158. The van der Waals surface area contributed by atoms with Gasteiger partial charge in [0.1, 0.15) is 18.0 Å². The maximum absolute atomic E-state index is 14.5. The summed E-state index contributed by atoms with van der Waals surface area (Å²) in [6.45, 7) is 6.91. The Hall–Kier alpha value is -1.33. The molecule has 0 aliphatic heterocycles. The van der Waals surface area contributed by atoms with Crippen molar-refractivity contribution in [3.05, 3.63) is 29.3 Å². The zero-order valence-electron chi connectivity index (χ0n) is 18.2. The Morgan fingerprint density at radius 2 is 1.55 bits per heavy atom. The van der Waals surface area contributed by atoms with Gasteiger partial charge in [0.25, 0.3) is 0 Å². The molecule has 0 aromatic heterocycles. The minimum Gasteiger partial charge on any atom is -0.485 e. The number of benzene rings is 1. The van der Waals surface area contributed by atoms with Gasteiger partial charge in [-0.15, -0.1) is 0 Å². The van der Waals surface area contributed by atoms with E-state index in [4.69, 9.17) is 28.4 Å². The van der Waals surface area contributed by atoms with E-state index in [-0.39, 0.29) is 19.5 Å². The van der Waals surface area contributed by atoms with Crippen LogP contribution in [0.4, 0.5) is 8.78 Å². The Morgan fingerprint density at radius 1 is 0.935 bits per heavy atom. The molecule has 2 atom stereocenters. The summed E-state index contributed by atoms with van der Waals surface area (Å²) in [7, 11) is 0. The third-order valence-electron chi connectivity index (χ3n) is 3.85. The average molecular weight is 513 g/mol. The molecule has 0 radical (unpaired) electrons. The number of rotatable bonds is 17. The van der Waals surface area contributed by atoms with Gasteiger partial charge in [-0.2, -0.15) is 0 Å². The summed E-state index contributed by atoms with van der Waals surface area (Å²) in [5, 5.41) is 0.593. The van der Waals surface area contributed by atoms with Crippen molar-refractivity contribution < 1.29 is 42.0 Å². The van der Waals surface area contributed by atoms with Crippen LogP contribution < -0.4 is 4.74 Å². The fraction of sp³-hybridized carbons (Fsp3) is 0.667. The molecule has 1 aromatic rings. The molecule has 0 heterocycles. The van der Waals surface area contributed by atoms with Crippen molar-refractivity contribution in [3.63, 3.8) is 0 Å². The average Bonchev–Trinajstić information content (AvgIpc) is 2.75. The fourth-order valence-corrected chi connectivity index (χ4v) is 2.85. The van der Waals surface area contributed by atoms with E-state index >= 15 is 0 Å². The summed E-state index contributed by atoms with van der Waals surface area (Å²) >= 11 is 3.32. The second-order valence-corrected chi connectivity index (χ2v) is 6.82. The number of carbonyl (C=O) groups is 1. The molecular formula is C21H31BrF2O7. The number of alkyl halides is 1. The van der Waals surface area contributed by atoms with Crippen LogP contribution in [0.25, 0.3) is 0 Å². The van der Waals surface area contributed by atoms with Gasteiger partial charge in [-0.25, -0.2) is 13.6 Å². The van der Waals surface area contributed by atoms with E-state index in [1.54, 1.807) is 13.8 Å². The van der Waals surface area contributed by atoms with Gasteiger partial charge in [0.05, 0.1) is 11.9 Å². The molecule has 1 aromatic carbocycles. The summed E-state index contributed by atoms with van der Waals surface area (Å²) in [5.74, 6) is -3.19. The Kier molecular flexibility index (Phi) is 14.6. The van der Waals surface area contributed by atoms with Gasteiger partial charge in [0.15, 0.2) is 24.1 Å². The molecule has 31 heavy (non-hydrogen) atoms. The number of carbonyl (C=O) groups excluding carboxylic acids is 1. The first kappa shape index (κ1) is 27.7. The molecule has 0 aliphatic carbocycles. The minimum atomic E-state index is -0.997. The van der Waals surface area contributed by atoms with Crippen LogP contribution in [0.3, 0.4) is 0 Å². The molecule has 2 unspecified atom stereocenters. The maximum atomic E-state index is 14.5. The van der Waals surface area contributed by atoms with Crippen molar-refractivity contribution in [1.82, 2.24) is 0 Å². The molecule has 7 nitrogen and oxygen atoms in total. The second kappa shape index (κ2) is 16.3. The molecular weight excluding hydrogens is 482 g/mol. The lowest BCUT2D eigenvalue weighted by atomic mass is 10.2. The predicted octanol–water partition coefficient (Wildman–Crippen LogP) is 4.45. The molecule has 0 N–H and O–H groups in total. The summed E-state index contributed by atoms with van der Waals surface area (Å²) in [6, 6.07) is 1.63. The van der Waals surface area contributed by atoms with Crippen molar-refractivity contribution in [2.45, 2.75) is 46.2 Å². The Labute approximate surface area is 190 Å². The summed E-state index contributed by atoms with van der Waals surface area (Å²) in [6.07, 6.45) is 0.388. The van der Waals surface area contributed by atoms with Crippen LogP contribution in [0.1, 0.15) is 44.0 Å². The van der Waals surface area contributed by atoms with E-state index in [1.165, 1.54) is 0 Å². The Morgan fingerprint density at radius 3 is 2.13 bits per heavy atom. The van der Waals surface area contributed by atoms with Gasteiger partial charge < -0.3 is 28.4 Å². The third-order valence-corrected chi connectivity index (χ3v) is 4.38. The molecule has 0 amide bonds. The standard InChI is InChI=1S/C21H31BrF2O7/c1-4-26-18(13-22)29-9-7-8-10-30-19(27-5-2)14-31-17-12-15(23)11-16(20(17)24)21(25)28-6-3/h11-12,18-19H,4-10,13-14H2,1-3H3. The quantitative estimate of drug-likeness (QED) is 0.132. The predicted molar refractivity (Wildman–Crippen MR) is 114 cm³/mol. The van der Waals surface area contributed by atoms with Crippen molar-refractivity contribution in [2.24, 2.45) is 0 Å². The first-order valence-electron chi connectivity index (χ1n) is 10.3. The van der Waals surface area contributed by atoms with Crippen molar-refractivity contribution in [2.75, 3.05) is 45.0 Å². The minimum absolute atomic E-state index is 0.0403. The molecule has 0 spiro atoms. The van der Waals surface area contributed by atoms with Crippen LogP contribution in [0.2, 0.25) is 0 Å². The number of unbranched alkanes of at least 4 members (excludes halogenated alkanes) is 1. The normalized spacial score (nSPS) is 13.1. The van der Waals surface area contributed by atoms with E-state index in [2.05, 4.69) is 15.9 Å². The van der Waals surface area contributed by atoms with Crippen LogP contribution in [0.5, 0.6) is 5.75 Å². The lowest BCUT2D eigenvalue weighted by Gasteiger charge is -2.19. The SMILES string of the molecule is CCOC(=O)c1cc(F)cc(OCC(OCC)OCCCCOC(CBr)OCC)c1F. The van der Waals surface area contributed by atoms with Crippen molar-refractivity contribution in [1.29, 1.82) is 0 Å². The number of hydrogen-bond donors (Lipinski definition) is 0. The topological polar surface area (TPSA) is 72.5 Å². The largest absolute Gasteiger partial charge is 0.485 e. The summed E-state index contributed by atoms with van der Waals surface area (Å²) < 4.78 is 60.4. The van der Waals surface area contributed by atoms with Crippen LogP contribution in [0.15, 0.2) is 12.1 Å². The highest BCUT2D eigenvalue weighted by molar-refractivity contribution is 9.09. The fourth-order valence-electron chi connectivity index (χ4n) is 2.47. The third kappa shape index (κ3) is 10.7. The van der Waals surface area contributed by atoms with Crippen LogP contribution in [-0.4, -0.2) is 63.5 Å². The first-order chi connectivity index (χ1) is 15.0. The maximum Gasteiger partial charge on any atom is 0.341 e. The number of halogens is 3. The van der Waals surface area contributed by atoms with Crippen molar-refractivity contribution in [3.8, 4) is 5.75 Å². The van der Waals surface area contributed by atoms with Crippen LogP contribution in [-0.2, 0) is 23.7 Å². The number of esters is 1. The van der Waals surface area contributed by atoms with E-state index in [1.807, 2.05) is 6.92 Å². The van der Waals surface area contributed by atoms with E-state index in [9.17, 15) is 13.6 Å². The summed E-state index contributed by atoms with van der Waals surface area (Å²) in [5.41, 5.74) is -0.528. The molecule has 178 valence electrons. The van der Waals surface area contributed by atoms with Gasteiger partial charge in [-0.05, 0) is 39.7 Å². The molecule has 0 saturated carbocycles. The first-order valence-corrected chi connectivity index (χ1v) is 11.4. The van der Waals surface area contributed by atoms with Crippen LogP contribution >= 0.6 is 15.9 Å². The molecule has 0 aliphatic rings. The van der Waals surface area contributed by atoms with E-state index in [0.717, 1.165) is 18.6 Å². The van der Waals surface area contributed by atoms with Gasteiger partial charge in [-0.1, -0.05) is 15.9 Å². The molecule has 0 saturated heterocycles. The molecule has 0 bridgehead atoms. The monoisotopic (exact) mass is 512 g/mol. The highest BCUT2D eigenvalue weighted by atomic mass is 79.9. The highest BCUT2D eigenvalue weighted by Crippen LogP contribution is 2.24. The second-order valence-electron chi connectivity index (χ2n) is 6.17. The Bertz CT molecular complexity index is 648. The van der Waals surface area contributed by atoms with E-state index < -0.39 is 35.2 Å². The van der Waals surface area contributed by atoms with Gasteiger partial charge >= 0.3 is 5.97 Å². The van der Waals surface area contributed by atoms with Gasteiger partial charge in [-0.3, -0.25) is 0 Å². The zero-order valence-corrected chi connectivity index (χ0v) is 19.8. The highest BCUT2D eigenvalue weighted by Gasteiger charge is 2.21. The Balaban J connectivity index is 2.51. The van der Waals surface area contributed by atoms with E-state index in [0.29, 0.717) is 38.2 Å². The molecule has 1 rings (SSSR count).